The summed E-state index contributed by atoms with van der Waals surface area (Å²) in [7, 11) is 0. The molecule has 2 rings (SSSR count). The number of hydrogen-bond acceptors (Lipinski definition) is 4. The van der Waals surface area contributed by atoms with Crippen molar-refractivity contribution in [1.82, 2.24) is 10.6 Å². The van der Waals surface area contributed by atoms with Gasteiger partial charge in [0.1, 0.15) is 5.75 Å². The van der Waals surface area contributed by atoms with Crippen LogP contribution in [0, 0.1) is 0 Å². The number of phenolic OH excluding ortho intramolecular Hbond substituents is 1. The number of carbonyl (C=O) groups is 1. The summed E-state index contributed by atoms with van der Waals surface area (Å²) in [6, 6.07) is 6.65. The molecule has 5 heteroatoms. The quantitative estimate of drug-likeness (QED) is 0.595. The highest BCUT2D eigenvalue weighted by molar-refractivity contribution is 5.82. The highest BCUT2D eigenvalue weighted by Crippen LogP contribution is 2.10. The zero-order chi connectivity index (χ0) is 13.0. The topological polar surface area (TPSA) is 81.6 Å². The summed E-state index contributed by atoms with van der Waals surface area (Å²) in [5.74, 6) is 0.178. The zero-order valence-electron chi connectivity index (χ0n) is 10.1. The molecule has 1 fully saturated rings. The monoisotopic (exact) mass is 250 g/mol. The van der Waals surface area contributed by atoms with Gasteiger partial charge in [0.15, 0.2) is 0 Å². The lowest BCUT2D eigenvalue weighted by Gasteiger charge is -2.10. The normalized spacial score (nSPS) is 22.9. The Morgan fingerprint density at radius 1 is 1.39 bits per heavy atom. The summed E-state index contributed by atoms with van der Waals surface area (Å²) in [4.78, 5) is 11.7. The second-order valence-corrected chi connectivity index (χ2v) is 4.56. The predicted molar refractivity (Wildman–Crippen MR) is 67.2 cm³/mol. The Hall–Kier alpha value is -1.59. The Balaban J connectivity index is 1.72. The number of aliphatic hydroxyl groups excluding tert-OH is 1. The van der Waals surface area contributed by atoms with Crippen LogP contribution in [0.25, 0.3) is 0 Å². The Morgan fingerprint density at radius 3 is 2.72 bits per heavy atom. The largest absolute Gasteiger partial charge is 0.508 e. The molecule has 1 aliphatic heterocycles. The van der Waals surface area contributed by atoms with E-state index in [2.05, 4.69) is 10.6 Å². The molecule has 98 valence electrons. The van der Waals surface area contributed by atoms with Gasteiger partial charge in [-0.2, -0.15) is 0 Å². The van der Waals surface area contributed by atoms with Crippen LogP contribution >= 0.6 is 0 Å². The smallest absolute Gasteiger partial charge is 0.237 e. The molecule has 2 unspecified atom stereocenters. The molecule has 4 N–H and O–H groups in total. The van der Waals surface area contributed by atoms with E-state index in [0.29, 0.717) is 19.5 Å². The third-order valence-electron chi connectivity index (χ3n) is 3.07. The van der Waals surface area contributed by atoms with Gasteiger partial charge in [-0.3, -0.25) is 4.79 Å². The number of hydrogen-bond donors (Lipinski definition) is 4. The van der Waals surface area contributed by atoms with Crippen molar-refractivity contribution in [2.24, 2.45) is 0 Å². The van der Waals surface area contributed by atoms with Crippen LogP contribution in [-0.2, 0) is 11.2 Å². The fourth-order valence-electron chi connectivity index (χ4n) is 2.03. The van der Waals surface area contributed by atoms with E-state index in [4.69, 9.17) is 5.11 Å². The molecule has 0 saturated carbocycles. The maximum Gasteiger partial charge on any atom is 0.237 e. The third kappa shape index (κ3) is 3.45. The summed E-state index contributed by atoms with van der Waals surface area (Å²) in [6.07, 6.45) is 0.782. The van der Waals surface area contributed by atoms with Gasteiger partial charge in [-0.25, -0.2) is 0 Å². The lowest BCUT2D eigenvalue weighted by atomic mass is 10.1. The van der Waals surface area contributed by atoms with Crippen LogP contribution in [0.2, 0.25) is 0 Å². The molecule has 2 atom stereocenters. The molecule has 5 nitrogen and oxygen atoms in total. The van der Waals surface area contributed by atoms with Gasteiger partial charge in [-0.1, -0.05) is 12.1 Å². The van der Waals surface area contributed by atoms with Crippen LogP contribution in [0.15, 0.2) is 24.3 Å². The van der Waals surface area contributed by atoms with E-state index in [9.17, 15) is 9.90 Å². The molecule has 0 bridgehead atoms. The third-order valence-corrected chi connectivity index (χ3v) is 3.07. The lowest BCUT2D eigenvalue weighted by Crippen LogP contribution is -2.41. The van der Waals surface area contributed by atoms with Gasteiger partial charge in [0.05, 0.1) is 12.1 Å². The van der Waals surface area contributed by atoms with Crippen molar-refractivity contribution < 1.29 is 15.0 Å². The predicted octanol–water partition coefficient (Wildman–Crippen LogP) is -0.226. The second-order valence-electron chi connectivity index (χ2n) is 4.56. The van der Waals surface area contributed by atoms with Crippen molar-refractivity contribution in [3.05, 3.63) is 29.8 Å². The molecule has 1 aliphatic rings. The molecular weight excluding hydrogens is 232 g/mol. The maximum atomic E-state index is 11.7. The Labute approximate surface area is 106 Å². The van der Waals surface area contributed by atoms with Crippen LogP contribution in [-0.4, -0.2) is 41.4 Å². The summed E-state index contributed by atoms with van der Waals surface area (Å²) < 4.78 is 0. The first kappa shape index (κ1) is 12.9. The zero-order valence-corrected chi connectivity index (χ0v) is 10.1. The number of benzene rings is 1. The summed E-state index contributed by atoms with van der Waals surface area (Å²) in [5.41, 5.74) is 1.06. The average Bonchev–Trinajstić information content (AvgIpc) is 2.78. The van der Waals surface area contributed by atoms with Gasteiger partial charge in [-0.15, -0.1) is 0 Å². The molecule has 0 radical (unpaired) electrons. The van der Waals surface area contributed by atoms with E-state index >= 15 is 0 Å². The van der Waals surface area contributed by atoms with E-state index in [1.807, 2.05) is 12.1 Å². The minimum absolute atomic E-state index is 0.0645. The summed E-state index contributed by atoms with van der Waals surface area (Å²) in [6.45, 7) is 1.04. The first-order valence-electron chi connectivity index (χ1n) is 6.12. The van der Waals surface area contributed by atoms with Gasteiger partial charge < -0.3 is 20.8 Å². The molecule has 0 spiro atoms. The van der Waals surface area contributed by atoms with Crippen LogP contribution in [0.3, 0.4) is 0 Å². The lowest BCUT2D eigenvalue weighted by molar-refractivity contribution is -0.122. The number of rotatable bonds is 4. The van der Waals surface area contributed by atoms with Crippen LogP contribution in [0.1, 0.15) is 12.0 Å². The standard InChI is InChI=1S/C13H18N2O3/c16-10-3-1-9(2-4-10)5-6-14-13(18)12-7-11(17)8-15-12/h1-4,11-12,15-17H,5-8H2,(H,14,18). The van der Waals surface area contributed by atoms with E-state index in [0.717, 1.165) is 12.0 Å². The molecule has 1 amide bonds. The SMILES string of the molecule is O=C(NCCc1ccc(O)cc1)C1CC(O)CN1. The molecule has 0 aromatic heterocycles. The Bertz CT molecular complexity index is 405. The van der Waals surface area contributed by atoms with E-state index < -0.39 is 6.10 Å². The van der Waals surface area contributed by atoms with Crippen LogP contribution < -0.4 is 10.6 Å². The van der Waals surface area contributed by atoms with Gasteiger partial charge >= 0.3 is 0 Å². The van der Waals surface area contributed by atoms with Crippen molar-refractivity contribution in [1.29, 1.82) is 0 Å². The van der Waals surface area contributed by atoms with Crippen molar-refractivity contribution in [2.75, 3.05) is 13.1 Å². The number of amides is 1. The van der Waals surface area contributed by atoms with Gasteiger partial charge in [0.2, 0.25) is 5.91 Å². The Kier molecular flexibility index (Phi) is 4.17. The highest BCUT2D eigenvalue weighted by Gasteiger charge is 2.27. The van der Waals surface area contributed by atoms with Crippen LogP contribution in [0.5, 0.6) is 5.75 Å². The maximum absolute atomic E-state index is 11.7. The molecule has 1 aromatic carbocycles. The summed E-state index contributed by atoms with van der Waals surface area (Å²) >= 11 is 0. The minimum Gasteiger partial charge on any atom is -0.508 e. The molecule has 1 saturated heterocycles. The summed E-state index contributed by atoms with van der Waals surface area (Å²) in [5, 5.41) is 24.2. The van der Waals surface area contributed by atoms with Gasteiger partial charge in [0.25, 0.3) is 0 Å². The van der Waals surface area contributed by atoms with Crippen molar-refractivity contribution in [3.63, 3.8) is 0 Å². The fraction of sp³-hybridized carbons (Fsp3) is 0.462. The van der Waals surface area contributed by atoms with Crippen molar-refractivity contribution in [3.8, 4) is 5.75 Å². The average molecular weight is 250 g/mol. The van der Waals surface area contributed by atoms with Gasteiger partial charge in [0, 0.05) is 13.1 Å². The number of nitrogens with one attached hydrogen (secondary N) is 2. The van der Waals surface area contributed by atoms with E-state index in [1.54, 1.807) is 12.1 Å². The molecular formula is C13H18N2O3. The first-order valence-corrected chi connectivity index (χ1v) is 6.12. The first-order chi connectivity index (χ1) is 8.65. The van der Waals surface area contributed by atoms with Gasteiger partial charge in [-0.05, 0) is 30.5 Å². The molecule has 18 heavy (non-hydrogen) atoms. The number of phenols is 1. The number of aliphatic hydroxyl groups is 1. The Morgan fingerprint density at radius 2 is 2.11 bits per heavy atom. The van der Waals surface area contributed by atoms with Crippen molar-refractivity contribution in [2.45, 2.75) is 25.0 Å². The van der Waals surface area contributed by atoms with Crippen molar-refractivity contribution >= 4 is 5.91 Å². The molecule has 1 heterocycles. The minimum atomic E-state index is -0.419. The highest BCUT2D eigenvalue weighted by atomic mass is 16.3. The second kappa shape index (κ2) is 5.84. The van der Waals surface area contributed by atoms with E-state index in [-0.39, 0.29) is 17.7 Å². The fourth-order valence-corrected chi connectivity index (χ4v) is 2.03. The van der Waals surface area contributed by atoms with E-state index in [1.165, 1.54) is 0 Å². The van der Waals surface area contributed by atoms with Crippen LogP contribution in [0.4, 0.5) is 0 Å². The molecule has 1 aromatic rings. The molecule has 0 aliphatic carbocycles. The number of aromatic hydroxyl groups is 1. The number of carbonyl (C=O) groups excluding carboxylic acids is 1. The number of β-amino-alcohol motifs (C(OH)–C–C–N with tert-alkyl or cyclic N) is 1.